The SMILES string of the molecule is CNCc1cnc(C)cc1OCC1CCCCO1. The number of hydrogen-bond acceptors (Lipinski definition) is 4. The molecule has 1 saturated heterocycles. The lowest BCUT2D eigenvalue weighted by atomic mass is 10.1. The fraction of sp³-hybridized carbons (Fsp3) is 0.643. The van der Waals surface area contributed by atoms with Crippen molar-refractivity contribution in [3.05, 3.63) is 23.5 Å². The average Bonchev–Trinajstić information content (AvgIpc) is 2.40. The van der Waals surface area contributed by atoms with Crippen molar-refractivity contribution in [1.29, 1.82) is 0 Å². The number of aromatic nitrogens is 1. The fourth-order valence-corrected chi connectivity index (χ4v) is 2.14. The van der Waals surface area contributed by atoms with Gasteiger partial charge in [0.1, 0.15) is 12.4 Å². The molecule has 1 aliphatic rings. The zero-order chi connectivity index (χ0) is 12.8. The molecule has 4 heteroatoms. The number of nitrogens with one attached hydrogen (secondary N) is 1. The normalized spacial score (nSPS) is 19.8. The summed E-state index contributed by atoms with van der Waals surface area (Å²) >= 11 is 0. The number of rotatable bonds is 5. The maximum atomic E-state index is 5.90. The number of hydrogen-bond donors (Lipinski definition) is 1. The molecule has 4 nitrogen and oxygen atoms in total. The summed E-state index contributed by atoms with van der Waals surface area (Å²) in [7, 11) is 1.92. The van der Waals surface area contributed by atoms with Gasteiger partial charge in [-0.2, -0.15) is 0 Å². The smallest absolute Gasteiger partial charge is 0.127 e. The van der Waals surface area contributed by atoms with E-state index in [2.05, 4.69) is 10.3 Å². The molecule has 0 aromatic carbocycles. The van der Waals surface area contributed by atoms with Crippen molar-refractivity contribution in [3.63, 3.8) is 0 Å². The van der Waals surface area contributed by atoms with Gasteiger partial charge in [0, 0.05) is 36.7 Å². The zero-order valence-electron chi connectivity index (χ0n) is 11.2. The van der Waals surface area contributed by atoms with Gasteiger partial charge in [-0.15, -0.1) is 0 Å². The first kappa shape index (κ1) is 13.3. The monoisotopic (exact) mass is 250 g/mol. The topological polar surface area (TPSA) is 43.4 Å². The second-order valence-corrected chi connectivity index (χ2v) is 4.76. The molecule has 1 aromatic heterocycles. The van der Waals surface area contributed by atoms with Gasteiger partial charge in [0.15, 0.2) is 0 Å². The minimum absolute atomic E-state index is 0.245. The molecule has 18 heavy (non-hydrogen) atoms. The molecule has 2 heterocycles. The summed E-state index contributed by atoms with van der Waals surface area (Å²) < 4.78 is 11.6. The highest BCUT2D eigenvalue weighted by molar-refractivity contribution is 5.32. The second-order valence-electron chi connectivity index (χ2n) is 4.76. The van der Waals surface area contributed by atoms with E-state index in [0.29, 0.717) is 6.61 Å². The van der Waals surface area contributed by atoms with E-state index in [1.807, 2.05) is 26.2 Å². The van der Waals surface area contributed by atoms with Crippen LogP contribution in [0.2, 0.25) is 0 Å². The van der Waals surface area contributed by atoms with Crippen LogP contribution in [0.1, 0.15) is 30.5 Å². The minimum atomic E-state index is 0.245. The van der Waals surface area contributed by atoms with Crippen LogP contribution in [0.25, 0.3) is 0 Å². The van der Waals surface area contributed by atoms with Crippen LogP contribution >= 0.6 is 0 Å². The van der Waals surface area contributed by atoms with Crippen LogP contribution in [0.5, 0.6) is 5.75 Å². The van der Waals surface area contributed by atoms with E-state index in [0.717, 1.165) is 36.6 Å². The lowest BCUT2D eigenvalue weighted by Gasteiger charge is -2.23. The predicted molar refractivity (Wildman–Crippen MR) is 70.8 cm³/mol. The predicted octanol–water partition coefficient (Wildman–Crippen LogP) is 2.06. The summed E-state index contributed by atoms with van der Waals surface area (Å²) in [5.41, 5.74) is 2.08. The molecule has 1 atom stereocenters. The first-order valence-electron chi connectivity index (χ1n) is 6.64. The van der Waals surface area contributed by atoms with Gasteiger partial charge in [0.25, 0.3) is 0 Å². The first-order valence-corrected chi connectivity index (χ1v) is 6.64. The Hall–Kier alpha value is -1.13. The molecule has 0 bridgehead atoms. The molecule has 0 aliphatic carbocycles. The third-order valence-corrected chi connectivity index (χ3v) is 3.15. The Bertz CT molecular complexity index is 376. The van der Waals surface area contributed by atoms with Gasteiger partial charge in [-0.25, -0.2) is 0 Å². The number of aryl methyl sites for hydroxylation is 1. The minimum Gasteiger partial charge on any atom is -0.490 e. The van der Waals surface area contributed by atoms with Crippen molar-refractivity contribution in [1.82, 2.24) is 10.3 Å². The van der Waals surface area contributed by atoms with E-state index < -0.39 is 0 Å². The summed E-state index contributed by atoms with van der Waals surface area (Å²) in [6.07, 6.45) is 5.64. The molecule has 1 fully saturated rings. The van der Waals surface area contributed by atoms with E-state index in [4.69, 9.17) is 9.47 Å². The lowest BCUT2D eigenvalue weighted by Crippen LogP contribution is -2.26. The third kappa shape index (κ3) is 3.68. The highest BCUT2D eigenvalue weighted by Gasteiger charge is 2.15. The Balaban J connectivity index is 1.95. The highest BCUT2D eigenvalue weighted by Crippen LogP contribution is 2.20. The lowest BCUT2D eigenvalue weighted by molar-refractivity contribution is -0.0112. The van der Waals surface area contributed by atoms with Gasteiger partial charge in [-0.3, -0.25) is 4.98 Å². The maximum Gasteiger partial charge on any atom is 0.127 e. The molecule has 1 aliphatic heterocycles. The van der Waals surface area contributed by atoms with E-state index in [1.165, 1.54) is 12.8 Å². The van der Waals surface area contributed by atoms with Crippen molar-refractivity contribution in [2.75, 3.05) is 20.3 Å². The van der Waals surface area contributed by atoms with E-state index >= 15 is 0 Å². The number of pyridine rings is 1. The number of nitrogens with zero attached hydrogens (tertiary/aromatic N) is 1. The van der Waals surface area contributed by atoms with Crippen molar-refractivity contribution in [2.24, 2.45) is 0 Å². The molecule has 0 amide bonds. The van der Waals surface area contributed by atoms with Gasteiger partial charge >= 0.3 is 0 Å². The fourth-order valence-electron chi connectivity index (χ4n) is 2.14. The highest BCUT2D eigenvalue weighted by atomic mass is 16.5. The van der Waals surface area contributed by atoms with Gasteiger partial charge < -0.3 is 14.8 Å². The summed E-state index contributed by atoms with van der Waals surface area (Å²) in [5, 5.41) is 3.13. The van der Waals surface area contributed by atoms with E-state index in [1.54, 1.807) is 0 Å². The molecule has 100 valence electrons. The third-order valence-electron chi connectivity index (χ3n) is 3.15. The molecule has 1 aromatic rings. The Morgan fingerprint density at radius 3 is 3.11 bits per heavy atom. The van der Waals surface area contributed by atoms with Crippen LogP contribution in [0, 0.1) is 6.92 Å². The van der Waals surface area contributed by atoms with E-state index in [-0.39, 0.29) is 6.10 Å². The van der Waals surface area contributed by atoms with Gasteiger partial charge in [0.2, 0.25) is 0 Å². The zero-order valence-corrected chi connectivity index (χ0v) is 11.2. The molecule has 1 unspecified atom stereocenters. The maximum absolute atomic E-state index is 5.90. The van der Waals surface area contributed by atoms with Crippen LogP contribution in [-0.2, 0) is 11.3 Å². The van der Waals surface area contributed by atoms with Crippen molar-refractivity contribution in [3.8, 4) is 5.75 Å². The molecule has 2 rings (SSSR count). The Morgan fingerprint density at radius 1 is 1.50 bits per heavy atom. The van der Waals surface area contributed by atoms with Gasteiger partial charge in [-0.1, -0.05) is 0 Å². The molecular formula is C14H22N2O2. The van der Waals surface area contributed by atoms with Crippen molar-refractivity contribution >= 4 is 0 Å². The van der Waals surface area contributed by atoms with Crippen LogP contribution in [-0.4, -0.2) is 31.3 Å². The molecule has 0 spiro atoms. The van der Waals surface area contributed by atoms with Crippen LogP contribution < -0.4 is 10.1 Å². The Morgan fingerprint density at radius 2 is 2.39 bits per heavy atom. The summed E-state index contributed by atoms with van der Waals surface area (Å²) in [4.78, 5) is 4.30. The molecular weight excluding hydrogens is 228 g/mol. The number of ether oxygens (including phenoxy) is 2. The van der Waals surface area contributed by atoms with Gasteiger partial charge in [0.05, 0.1) is 6.10 Å². The Kier molecular flexibility index (Phi) is 4.96. The molecule has 1 N–H and O–H groups in total. The van der Waals surface area contributed by atoms with Crippen LogP contribution in [0.15, 0.2) is 12.3 Å². The van der Waals surface area contributed by atoms with Crippen LogP contribution in [0.4, 0.5) is 0 Å². The summed E-state index contributed by atoms with van der Waals surface area (Å²) in [6.45, 7) is 4.26. The summed E-state index contributed by atoms with van der Waals surface area (Å²) in [6, 6.07) is 2.00. The van der Waals surface area contributed by atoms with Crippen molar-refractivity contribution < 1.29 is 9.47 Å². The molecule has 0 radical (unpaired) electrons. The van der Waals surface area contributed by atoms with Crippen LogP contribution in [0.3, 0.4) is 0 Å². The van der Waals surface area contributed by atoms with Gasteiger partial charge in [-0.05, 0) is 33.2 Å². The average molecular weight is 250 g/mol. The van der Waals surface area contributed by atoms with E-state index in [9.17, 15) is 0 Å². The largest absolute Gasteiger partial charge is 0.490 e. The first-order chi connectivity index (χ1) is 8.79. The quantitative estimate of drug-likeness (QED) is 0.868. The standard InChI is InChI=1S/C14H22N2O2/c1-11-7-14(12(8-15-2)9-16-11)18-10-13-5-3-4-6-17-13/h7,9,13,15H,3-6,8,10H2,1-2H3. The van der Waals surface area contributed by atoms with Crippen molar-refractivity contribution in [2.45, 2.75) is 38.8 Å². The Labute approximate surface area is 109 Å². The summed E-state index contributed by atoms with van der Waals surface area (Å²) in [5.74, 6) is 0.922. The second kappa shape index (κ2) is 6.71. The molecule has 0 saturated carbocycles.